The van der Waals surface area contributed by atoms with Gasteiger partial charge in [-0.2, -0.15) is 0 Å². The van der Waals surface area contributed by atoms with E-state index in [1.807, 2.05) is 49.6 Å². The number of carbonyl (C=O) groups is 2. The molecule has 0 unspecified atom stereocenters. The smallest absolute Gasteiger partial charge is 0.301 e. The Balaban J connectivity index is 1.70. The summed E-state index contributed by atoms with van der Waals surface area (Å²) in [6.45, 7) is 3.85. The first kappa shape index (κ1) is 21.4. The van der Waals surface area contributed by atoms with Gasteiger partial charge in [0.2, 0.25) is 0 Å². The summed E-state index contributed by atoms with van der Waals surface area (Å²) < 4.78 is 6.24. The monoisotopic (exact) mass is 476 g/mol. The zero-order chi connectivity index (χ0) is 23.3. The highest BCUT2D eigenvalue weighted by Crippen LogP contribution is 2.45. The minimum Gasteiger partial charge on any atom is -0.507 e. The third-order valence-electron chi connectivity index (χ3n) is 5.66. The third-order valence-corrected chi connectivity index (χ3v) is 7.61. The Morgan fingerprint density at radius 3 is 2.64 bits per heavy atom. The van der Waals surface area contributed by atoms with Gasteiger partial charge in [0.25, 0.3) is 5.78 Å². The van der Waals surface area contributed by atoms with Crippen LogP contribution >= 0.6 is 22.7 Å². The number of ether oxygens (including phenoxy) is 1. The molecule has 0 spiro atoms. The van der Waals surface area contributed by atoms with Crippen molar-refractivity contribution in [3.8, 4) is 5.75 Å². The van der Waals surface area contributed by atoms with E-state index in [0.29, 0.717) is 16.4 Å². The van der Waals surface area contributed by atoms with E-state index in [9.17, 15) is 14.7 Å². The molecular formula is C25H20N2O4S2. The van der Waals surface area contributed by atoms with E-state index >= 15 is 0 Å². The van der Waals surface area contributed by atoms with Crippen molar-refractivity contribution in [3.63, 3.8) is 0 Å². The Bertz CT molecular complexity index is 1440. The Morgan fingerprint density at radius 2 is 1.94 bits per heavy atom. The highest BCUT2D eigenvalue weighted by Gasteiger charge is 2.48. The maximum Gasteiger partial charge on any atom is 0.301 e. The van der Waals surface area contributed by atoms with Crippen LogP contribution in [0.2, 0.25) is 0 Å². The average Bonchev–Trinajstić information content (AvgIpc) is 3.52. The lowest BCUT2D eigenvalue weighted by Crippen LogP contribution is -2.28. The van der Waals surface area contributed by atoms with Crippen LogP contribution in [0.25, 0.3) is 16.0 Å². The molecule has 0 aliphatic carbocycles. The number of nitrogens with zero attached hydrogens (tertiary/aromatic N) is 2. The Hall–Kier alpha value is -3.49. The number of thiazole rings is 1. The van der Waals surface area contributed by atoms with Gasteiger partial charge in [-0.25, -0.2) is 4.98 Å². The molecule has 1 N–H and O–H groups in total. The fourth-order valence-electron chi connectivity index (χ4n) is 4.05. The second-order valence-corrected chi connectivity index (χ2v) is 9.82. The van der Waals surface area contributed by atoms with Crippen LogP contribution in [0.4, 0.5) is 5.13 Å². The van der Waals surface area contributed by atoms with Crippen LogP contribution in [-0.2, 0) is 9.59 Å². The molecule has 2 aromatic heterocycles. The van der Waals surface area contributed by atoms with E-state index in [-0.39, 0.29) is 11.3 Å². The number of carbonyl (C=O) groups excluding carboxylic acids is 2. The number of aliphatic hydroxyl groups excluding tert-OH is 1. The van der Waals surface area contributed by atoms with Gasteiger partial charge in [-0.3, -0.25) is 14.5 Å². The normalized spacial score (nSPS) is 17.8. The van der Waals surface area contributed by atoms with Gasteiger partial charge in [0, 0.05) is 10.4 Å². The number of fused-ring (bicyclic) bond motifs is 1. The third kappa shape index (κ3) is 3.51. The summed E-state index contributed by atoms with van der Waals surface area (Å²) in [5.74, 6) is -0.964. The molecule has 6 nitrogen and oxygen atoms in total. The molecule has 3 heterocycles. The van der Waals surface area contributed by atoms with Gasteiger partial charge >= 0.3 is 5.91 Å². The summed E-state index contributed by atoms with van der Waals surface area (Å²) in [6, 6.07) is 14.0. The maximum atomic E-state index is 13.3. The highest BCUT2D eigenvalue weighted by atomic mass is 32.1. The summed E-state index contributed by atoms with van der Waals surface area (Å²) in [7, 11) is 1.57. The first-order chi connectivity index (χ1) is 15.9. The fourth-order valence-corrected chi connectivity index (χ4v) is 5.96. The number of aliphatic hydroxyl groups is 1. The molecule has 1 fully saturated rings. The second-order valence-electron chi connectivity index (χ2n) is 7.84. The molecule has 0 saturated carbocycles. The van der Waals surface area contributed by atoms with Crippen molar-refractivity contribution >= 4 is 55.5 Å². The SMILES string of the molecule is COc1ccc(/C(O)=C2\C(=O)C(=O)N(c3nc4ccc(C)cc4s3)[C@@H]2c2cccs2)cc1C. The van der Waals surface area contributed by atoms with Gasteiger partial charge in [-0.05, 0) is 66.8 Å². The number of Topliss-reactive ketones (excluding diaryl/α,β-unsaturated/α-hetero) is 1. The number of hydrogen-bond donors (Lipinski definition) is 1. The molecule has 1 aliphatic rings. The van der Waals surface area contributed by atoms with Crippen LogP contribution in [0.5, 0.6) is 5.75 Å². The largest absolute Gasteiger partial charge is 0.507 e. The molecule has 166 valence electrons. The standard InChI is InChI=1S/C25H20N2O4S2/c1-13-6-8-16-19(11-13)33-25(26-16)27-21(18-5-4-10-32-18)20(23(29)24(27)30)22(28)15-7-9-17(31-3)14(2)12-15/h4-12,21,28H,1-3H3/b22-20+/t21-/m1/s1. The van der Waals surface area contributed by atoms with Gasteiger partial charge in [-0.15, -0.1) is 11.3 Å². The molecule has 4 aromatic rings. The molecule has 1 saturated heterocycles. The van der Waals surface area contributed by atoms with Gasteiger partial charge in [0.1, 0.15) is 17.6 Å². The van der Waals surface area contributed by atoms with E-state index in [1.165, 1.54) is 27.6 Å². The molecule has 1 amide bonds. The van der Waals surface area contributed by atoms with Gasteiger partial charge in [0.05, 0.1) is 22.9 Å². The lowest BCUT2D eigenvalue weighted by Gasteiger charge is -2.21. The molecule has 0 bridgehead atoms. The number of hydrogen-bond acceptors (Lipinski definition) is 7. The van der Waals surface area contributed by atoms with E-state index < -0.39 is 17.7 Å². The van der Waals surface area contributed by atoms with Crippen LogP contribution in [0.15, 0.2) is 59.5 Å². The lowest BCUT2D eigenvalue weighted by molar-refractivity contribution is -0.132. The van der Waals surface area contributed by atoms with Crippen LogP contribution in [-0.4, -0.2) is 28.9 Å². The van der Waals surface area contributed by atoms with Crippen molar-refractivity contribution in [3.05, 3.63) is 81.1 Å². The number of methoxy groups -OCH3 is 1. The van der Waals surface area contributed by atoms with E-state index in [0.717, 1.165) is 26.2 Å². The minimum atomic E-state index is -0.755. The van der Waals surface area contributed by atoms with Crippen molar-refractivity contribution in [2.24, 2.45) is 0 Å². The van der Waals surface area contributed by atoms with E-state index in [2.05, 4.69) is 4.98 Å². The molecular weight excluding hydrogens is 456 g/mol. The Kier molecular flexibility index (Phi) is 5.26. The molecule has 1 aliphatic heterocycles. The van der Waals surface area contributed by atoms with Gasteiger partial charge in [0.15, 0.2) is 5.13 Å². The number of anilines is 1. The van der Waals surface area contributed by atoms with Gasteiger partial charge < -0.3 is 9.84 Å². The lowest BCUT2D eigenvalue weighted by atomic mass is 9.99. The molecule has 8 heteroatoms. The Labute approximate surface area is 198 Å². The number of benzene rings is 2. The number of aromatic nitrogens is 1. The summed E-state index contributed by atoms with van der Waals surface area (Å²) in [5.41, 5.74) is 3.17. The zero-order valence-corrected chi connectivity index (χ0v) is 19.8. The average molecular weight is 477 g/mol. The number of ketones is 1. The molecule has 1 atom stereocenters. The quantitative estimate of drug-likeness (QED) is 0.235. The number of aryl methyl sites for hydroxylation is 2. The molecule has 2 aromatic carbocycles. The topological polar surface area (TPSA) is 79.7 Å². The summed E-state index contributed by atoms with van der Waals surface area (Å²) >= 11 is 2.78. The van der Waals surface area contributed by atoms with Crippen LogP contribution in [0, 0.1) is 13.8 Å². The van der Waals surface area contributed by atoms with E-state index in [1.54, 1.807) is 25.3 Å². The summed E-state index contributed by atoms with van der Waals surface area (Å²) in [4.78, 5) is 33.3. The summed E-state index contributed by atoms with van der Waals surface area (Å²) in [5, 5.41) is 13.5. The predicted octanol–water partition coefficient (Wildman–Crippen LogP) is 5.61. The fraction of sp³-hybridized carbons (Fsp3) is 0.160. The van der Waals surface area contributed by atoms with E-state index in [4.69, 9.17) is 4.74 Å². The predicted molar refractivity (Wildman–Crippen MR) is 131 cm³/mol. The number of amides is 1. The number of thiophene rings is 1. The van der Waals surface area contributed by atoms with Crippen molar-refractivity contribution in [1.82, 2.24) is 4.98 Å². The first-order valence-electron chi connectivity index (χ1n) is 10.3. The highest BCUT2D eigenvalue weighted by molar-refractivity contribution is 7.22. The first-order valence-corrected chi connectivity index (χ1v) is 11.9. The number of rotatable bonds is 4. The summed E-state index contributed by atoms with van der Waals surface area (Å²) in [6.07, 6.45) is 0. The van der Waals surface area contributed by atoms with Crippen molar-refractivity contribution < 1.29 is 19.4 Å². The zero-order valence-electron chi connectivity index (χ0n) is 18.2. The Morgan fingerprint density at radius 1 is 1.12 bits per heavy atom. The second kappa shape index (κ2) is 8.13. The minimum absolute atomic E-state index is 0.0578. The van der Waals surface area contributed by atoms with Crippen molar-refractivity contribution in [2.75, 3.05) is 12.0 Å². The molecule has 5 rings (SSSR count). The van der Waals surface area contributed by atoms with Crippen LogP contribution in [0.3, 0.4) is 0 Å². The van der Waals surface area contributed by atoms with Crippen molar-refractivity contribution in [1.29, 1.82) is 0 Å². The van der Waals surface area contributed by atoms with Gasteiger partial charge in [-0.1, -0.05) is 23.5 Å². The van der Waals surface area contributed by atoms with Crippen LogP contribution in [0.1, 0.15) is 27.6 Å². The molecule has 0 radical (unpaired) electrons. The molecule has 33 heavy (non-hydrogen) atoms. The van der Waals surface area contributed by atoms with Crippen molar-refractivity contribution in [2.45, 2.75) is 19.9 Å². The van der Waals surface area contributed by atoms with Crippen LogP contribution < -0.4 is 9.64 Å². The maximum absolute atomic E-state index is 13.3.